The zero-order valence-electron chi connectivity index (χ0n) is 12.4. The quantitative estimate of drug-likeness (QED) is 0.762. The van der Waals surface area contributed by atoms with E-state index in [-0.39, 0.29) is 0 Å². The highest BCUT2D eigenvalue weighted by molar-refractivity contribution is 6.04. The summed E-state index contributed by atoms with van der Waals surface area (Å²) in [5, 5.41) is 0. The van der Waals surface area contributed by atoms with E-state index in [0.29, 0.717) is 12.0 Å². The van der Waals surface area contributed by atoms with Gasteiger partial charge in [0, 0.05) is 6.54 Å². The third-order valence-corrected chi connectivity index (χ3v) is 4.54. The molecule has 0 amide bonds. The highest BCUT2D eigenvalue weighted by atomic mass is 15.2. The topological polar surface area (TPSA) is 15.6 Å². The van der Waals surface area contributed by atoms with Crippen LogP contribution >= 0.6 is 0 Å². The third kappa shape index (κ3) is 1.98. The van der Waals surface area contributed by atoms with Gasteiger partial charge >= 0.3 is 0 Å². The first kappa shape index (κ1) is 12.6. The number of unbranched alkanes of at least 4 members (excludes halogenated alkanes) is 1. The van der Waals surface area contributed by atoms with Crippen molar-refractivity contribution in [2.75, 3.05) is 6.54 Å². The van der Waals surface area contributed by atoms with Crippen LogP contribution in [0.2, 0.25) is 0 Å². The summed E-state index contributed by atoms with van der Waals surface area (Å²) in [6.07, 6.45) is 22.2. The molecule has 2 aliphatic carbocycles. The second-order valence-electron chi connectivity index (χ2n) is 5.91. The SMILES string of the molecule is CCCCN1C2=C(C=C3C=CC=CC31)N=C1C=CC=CC12. The van der Waals surface area contributed by atoms with Gasteiger partial charge in [-0.1, -0.05) is 55.9 Å². The Bertz CT molecular complexity index is 668. The van der Waals surface area contributed by atoms with E-state index in [1.54, 1.807) is 0 Å². The Morgan fingerprint density at radius 3 is 2.86 bits per heavy atom. The van der Waals surface area contributed by atoms with Gasteiger partial charge in [-0.3, -0.25) is 4.99 Å². The summed E-state index contributed by atoms with van der Waals surface area (Å²) >= 11 is 0. The first-order chi connectivity index (χ1) is 10.4. The zero-order chi connectivity index (χ0) is 14.2. The van der Waals surface area contributed by atoms with Crippen molar-refractivity contribution in [3.63, 3.8) is 0 Å². The van der Waals surface area contributed by atoms with Crippen molar-refractivity contribution in [2.45, 2.75) is 25.8 Å². The third-order valence-electron chi connectivity index (χ3n) is 4.54. The summed E-state index contributed by atoms with van der Waals surface area (Å²) in [6, 6.07) is 0.383. The van der Waals surface area contributed by atoms with Crippen molar-refractivity contribution in [1.29, 1.82) is 0 Å². The first-order valence-electron chi connectivity index (χ1n) is 7.89. The predicted molar refractivity (Wildman–Crippen MR) is 88.0 cm³/mol. The summed E-state index contributed by atoms with van der Waals surface area (Å²) in [5.74, 6) is 0.346. The minimum absolute atomic E-state index is 0.346. The molecule has 2 nitrogen and oxygen atoms in total. The Morgan fingerprint density at radius 2 is 1.95 bits per heavy atom. The van der Waals surface area contributed by atoms with Crippen LogP contribution in [-0.4, -0.2) is 23.2 Å². The van der Waals surface area contributed by atoms with E-state index >= 15 is 0 Å². The lowest BCUT2D eigenvalue weighted by molar-refractivity contribution is 0.296. The molecule has 4 aliphatic rings. The monoisotopic (exact) mass is 276 g/mol. The number of hydrogen-bond acceptors (Lipinski definition) is 2. The standard InChI is InChI=1S/C19H20N2/c1-2-3-12-21-18-11-7-4-8-14(18)13-17-19(21)15-9-5-6-10-16(15)20-17/h4-11,13,15,18H,2-3,12H2,1H3. The average Bonchev–Trinajstić information content (AvgIpc) is 2.89. The maximum Gasteiger partial charge on any atom is 0.0838 e. The molecule has 0 N–H and O–H groups in total. The number of aliphatic imine (C=N–C) groups is 1. The lowest BCUT2D eigenvalue weighted by Crippen LogP contribution is -2.40. The van der Waals surface area contributed by atoms with E-state index in [4.69, 9.17) is 4.99 Å². The summed E-state index contributed by atoms with van der Waals surface area (Å²) in [6.45, 7) is 3.36. The van der Waals surface area contributed by atoms with Gasteiger partial charge in [0.25, 0.3) is 0 Å². The molecule has 2 heterocycles. The molecule has 0 bridgehead atoms. The number of hydrogen-bond donors (Lipinski definition) is 0. The molecule has 2 aliphatic heterocycles. The number of nitrogens with zero attached hydrogens (tertiary/aromatic N) is 2. The van der Waals surface area contributed by atoms with Crippen LogP contribution in [0.5, 0.6) is 0 Å². The van der Waals surface area contributed by atoms with Gasteiger partial charge in [-0.15, -0.1) is 0 Å². The van der Waals surface area contributed by atoms with Crippen molar-refractivity contribution >= 4 is 5.71 Å². The van der Waals surface area contributed by atoms with Gasteiger partial charge in [-0.2, -0.15) is 0 Å². The van der Waals surface area contributed by atoms with Crippen LogP contribution in [0.15, 0.2) is 76.6 Å². The Kier molecular flexibility index (Phi) is 3.03. The maximum atomic E-state index is 4.86. The second kappa shape index (κ2) is 5.03. The van der Waals surface area contributed by atoms with Gasteiger partial charge < -0.3 is 4.90 Å². The molecule has 21 heavy (non-hydrogen) atoms. The largest absolute Gasteiger partial charge is 0.362 e. The number of fused-ring (bicyclic) bond motifs is 3. The molecule has 2 heteroatoms. The van der Waals surface area contributed by atoms with Gasteiger partial charge in [0.05, 0.1) is 29.1 Å². The molecule has 106 valence electrons. The maximum absolute atomic E-state index is 4.86. The lowest BCUT2D eigenvalue weighted by atomic mass is 9.89. The zero-order valence-corrected chi connectivity index (χ0v) is 12.4. The van der Waals surface area contributed by atoms with Crippen molar-refractivity contribution in [1.82, 2.24) is 4.90 Å². The fourth-order valence-electron chi connectivity index (χ4n) is 3.52. The van der Waals surface area contributed by atoms with Gasteiger partial charge in [-0.25, -0.2) is 0 Å². The molecule has 4 rings (SSSR count). The molecule has 0 saturated heterocycles. The number of allylic oxidation sites excluding steroid dienone is 7. The van der Waals surface area contributed by atoms with Crippen LogP contribution in [-0.2, 0) is 0 Å². The molecule has 2 unspecified atom stereocenters. The van der Waals surface area contributed by atoms with Crippen LogP contribution < -0.4 is 0 Å². The molecule has 0 spiro atoms. The molecule has 0 aromatic rings. The minimum Gasteiger partial charge on any atom is -0.362 e. The predicted octanol–water partition coefficient (Wildman–Crippen LogP) is 3.93. The second-order valence-corrected chi connectivity index (χ2v) is 5.91. The molecular weight excluding hydrogens is 256 g/mol. The molecule has 0 aromatic heterocycles. The van der Waals surface area contributed by atoms with Crippen molar-refractivity contribution < 1.29 is 0 Å². The van der Waals surface area contributed by atoms with Gasteiger partial charge in [0.1, 0.15) is 0 Å². The molecule has 0 fully saturated rings. The Morgan fingerprint density at radius 1 is 1.10 bits per heavy atom. The lowest BCUT2D eigenvalue weighted by Gasteiger charge is -2.39. The Labute approximate surface area is 126 Å². The average molecular weight is 276 g/mol. The highest BCUT2D eigenvalue weighted by Crippen LogP contribution is 2.40. The smallest absolute Gasteiger partial charge is 0.0838 e. The fourth-order valence-corrected chi connectivity index (χ4v) is 3.52. The summed E-state index contributed by atoms with van der Waals surface area (Å²) in [7, 11) is 0. The summed E-state index contributed by atoms with van der Waals surface area (Å²) in [4.78, 5) is 7.43. The molecular formula is C19H20N2. The minimum atomic E-state index is 0.346. The van der Waals surface area contributed by atoms with Crippen LogP contribution in [0.4, 0.5) is 0 Å². The highest BCUT2D eigenvalue weighted by Gasteiger charge is 2.37. The Hall–Kier alpha value is -2.09. The fraction of sp³-hybridized carbons (Fsp3) is 0.316. The van der Waals surface area contributed by atoms with Crippen LogP contribution in [0, 0.1) is 5.92 Å². The van der Waals surface area contributed by atoms with Crippen molar-refractivity contribution in [2.24, 2.45) is 10.9 Å². The van der Waals surface area contributed by atoms with E-state index in [9.17, 15) is 0 Å². The van der Waals surface area contributed by atoms with Crippen molar-refractivity contribution in [3.05, 3.63) is 71.7 Å². The van der Waals surface area contributed by atoms with Crippen LogP contribution in [0.3, 0.4) is 0 Å². The van der Waals surface area contributed by atoms with E-state index in [0.717, 1.165) is 12.2 Å². The van der Waals surface area contributed by atoms with E-state index in [2.05, 4.69) is 66.5 Å². The van der Waals surface area contributed by atoms with Gasteiger partial charge in [0.15, 0.2) is 0 Å². The molecule has 2 atom stereocenters. The van der Waals surface area contributed by atoms with Gasteiger partial charge in [-0.05, 0) is 24.1 Å². The summed E-state index contributed by atoms with van der Waals surface area (Å²) < 4.78 is 0. The molecule has 0 aromatic carbocycles. The summed E-state index contributed by atoms with van der Waals surface area (Å²) in [5.41, 5.74) is 5.11. The molecule has 0 radical (unpaired) electrons. The van der Waals surface area contributed by atoms with E-state index in [1.807, 2.05) is 0 Å². The van der Waals surface area contributed by atoms with E-state index < -0.39 is 0 Å². The van der Waals surface area contributed by atoms with Gasteiger partial charge in [0.2, 0.25) is 0 Å². The van der Waals surface area contributed by atoms with Crippen molar-refractivity contribution in [3.8, 4) is 0 Å². The van der Waals surface area contributed by atoms with Crippen LogP contribution in [0.1, 0.15) is 19.8 Å². The van der Waals surface area contributed by atoms with E-state index in [1.165, 1.54) is 29.8 Å². The van der Waals surface area contributed by atoms with Crippen LogP contribution in [0.25, 0.3) is 0 Å². The normalized spacial score (nSPS) is 28.3. The molecule has 0 saturated carbocycles. The first-order valence-corrected chi connectivity index (χ1v) is 7.89. The number of rotatable bonds is 3. The Balaban J connectivity index is 1.77.